The Hall–Kier alpha value is 0.0500. The van der Waals surface area contributed by atoms with Crippen LogP contribution in [0.4, 0.5) is 0 Å². The average molecular weight is 239 g/mol. The first-order valence-electron chi connectivity index (χ1n) is 4.65. The van der Waals surface area contributed by atoms with Gasteiger partial charge in [0.15, 0.2) is 0 Å². The van der Waals surface area contributed by atoms with Gasteiger partial charge in [-0.15, -0.1) is 23.2 Å². The predicted octanol–water partition coefficient (Wildman–Crippen LogP) is 3.16. The third-order valence-corrected chi connectivity index (χ3v) is 4.28. The second-order valence-corrected chi connectivity index (χ2v) is 6.43. The van der Waals surface area contributed by atoms with Gasteiger partial charge >= 0.3 is 5.97 Å². The quantitative estimate of drug-likeness (QED) is 0.519. The first kappa shape index (κ1) is 12.1. The Labute approximate surface area is 94.9 Å². The highest BCUT2D eigenvalue weighted by Gasteiger charge is 2.76. The van der Waals surface area contributed by atoms with Crippen LogP contribution in [0.2, 0.25) is 0 Å². The molecule has 0 spiro atoms. The zero-order chi connectivity index (χ0) is 11.4. The standard InChI is InChI=1S/C10H16Cl2O2/c1-6-9(5,10(6,11)12)7(13)14-8(2,3)4/h6H,1-5H3. The minimum absolute atomic E-state index is 0.0619. The van der Waals surface area contributed by atoms with E-state index in [1.54, 1.807) is 6.92 Å². The second-order valence-electron chi connectivity index (χ2n) is 5.05. The van der Waals surface area contributed by atoms with Crippen LogP contribution in [-0.4, -0.2) is 15.9 Å². The van der Waals surface area contributed by atoms with Crippen molar-refractivity contribution in [3.05, 3.63) is 0 Å². The van der Waals surface area contributed by atoms with Crippen LogP contribution >= 0.6 is 23.2 Å². The largest absolute Gasteiger partial charge is 0.459 e. The monoisotopic (exact) mass is 238 g/mol. The van der Waals surface area contributed by atoms with Gasteiger partial charge in [0, 0.05) is 5.92 Å². The van der Waals surface area contributed by atoms with Gasteiger partial charge in [-0.1, -0.05) is 6.92 Å². The third kappa shape index (κ3) is 1.63. The number of rotatable bonds is 1. The summed E-state index contributed by atoms with van der Waals surface area (Å²) < 4.78 is 4.29. The number of carbonyl (C=O) groups is 1. The van der Waals surface area contributed by atoms with Crippen molar-refractivity contribution in [1.82, 2.24) is 0 Å². The first-order chi connectivity index (χ1) is 6.03. The molecule has 0 N–H and O–H groups in total. The molecule has 0 aromatic heterocycles. The van der Waals surface area contributed by atoms with Crippen LogP contribution in [0.15, 0.2) is 0 Å². The molecule has 2 nitrogen and oxygen atoms in total. The Bertz CT molecular complexity index is 268. The van der Waals surface area contributed by atoms with Crippen LogP contribution in [0.3, 0.4) is 0 Å². The lowest BCUT2D eigenvalue weighted by molar-refractivity contribution is -0.161. The van der Waals surface area contributed by atoms with Crippen molar-refractivity contribution < 1.29 is 9.53 Å². The summed E-state index contributed by atoms with van der Waals surface area (Å²) in [4.78, 5) is 11.8. The van der Waals surface area contributed by atoms with Crippen molar-refractivity contribution in [2.24, 2.45) is 11.3 Å². The minimum atomic E-state index is -0.977. The molecule has 4 heteroatoms. The Balaban J connectivity index is 2.74. The molecule has 0 bridgehead atoms. The lowest BCUT2D eigenvalue weighted by Crippen LogP contribution is -2.31. The van der Waals surface area contributed by atoms with Crippen molar-refractivity contribution in [2.45, 2.75) is 44.6 Å². The summed E-state index contributed by atoms with van der Waals surface area (Å²) in [6.45, 7) is 9.07. The van der Waals surface area contributed by atoms with Crippen molar-refractivity contribution in [1.29, 1.82) is 0 Å². The highest BCUT2D eigenvalue weighted by Crippen LogP contribution is 2.69. The number of hydrogen-bond acceptors (Lipinski definition) is 2. The normalized spacial score (nSPS) is 35.2. The van der Waals surface area contributed by atoms with E-state index in [1.807, 2.05) is 27.7 Å². The molecular weight excluding hydrogens is 223 g/mol. The van der Waals surface area contributed by atoms with Crippen molar-refractivity contribution >= 4 is 29.2 Å². The van der Waals surface area contributed by atoms with Gasteiger partial charge in [0.1, 0.15) is 15.3 Å². The van der Waals surface area contributed by atoms with Crippen LogP contribution in [0.1, 0.15) is 34.6 Å². The average Bonchev–Trinajstić information content (AvgIpc) is 2.32. The summed E-state index contributed by atoms with van der Waals surface area (Å²) in [5, 5.41) is 0. The molecule has 0 heterocycles. The molecule has 2 unspecified atom stereocenters. The molecule has 0 aromatic carbocycles. The molecule has 0 saturated heterocycles. The van der Waals surface area contributed by atoms with E-state index in [0.717, 1.165) is 0 Å². The Morgan fingerprint density at radius 3 is 1.93 bits per heavy atom. The Morgan fingerprint density at radius 1 is 1.36 bits per heavy atom. The van der Waals surface area contributed by atoms with Crippen molar-refractivity contribution in [2.75, 3.05) is 0 Å². The van der Waals surface area contributed by atoms with Crippen LogP contribution in [0.5, 0.6) is 0 Å². The van der Waals surface area contributed by atoms with E-state index >= 15 is 0 Å². The van der Waals surface area contributed by atoms with Gasteiger partial charge in [-0.2, -0.15) is 0 Å². The van der Waals surface area contributed by atoms with E-state index in [-0.39, 0.29) is 11.9 Å². The number of alkyl halides is 2. The van der Waals surface area contributed by atoms with E-state index in [4.69, 9.17) is 27.9 Å². The fourth-order valence-electron chi connectivity index (χ4n) is 1.43. The van der Waals surface area contributed by atoms with Crippen LogP contribution in [-0.2, 0) is 9.53 Å². The van der Waals surface area contributed by atoms with E-state index in [9.17, 15) is 4.79 Å². The molecule has 0 aliphatic heterocycles. The van der Waals surface area contributed by atoms with Gasteiger partial charge in [-0.3, -0.25) is 4.79 Å². The molecule has 0 aromatic rings. The minimum Gasteiger partial charge on any atom is -0.459 e. The molecule has 82 valence electrons. The molecule has 1 rings (SSSR count). The zero-order valence-electron chi connectivity index (χ0n) is 9.15. The summed E-state index contributed by atoms with van der Waals surface area (Å²) in [7, 11) is 0. The topological polar surface area (TPSA) is 26.3 Å². The fraction of sp³-hybridized carbons (Fsp3) is 0.900. The third-order valence-electron chi connectivity index (χ3n) is 2.84. The molecule has 2 atom stereocenters. The van der Waals surface area contributed by atoms with Gasteiger partial charge in [0.05, 0.1) is 0 Å². The summed E-state index contributed by atoms with van der Waals surface area (Å²) in [6, 6.07) is 0. The van der Waals surface area contributed by atoms with E-state index in [2.05, 4.69) is 0 Å². The van der Waals surface area contributed by atoms with Crippen LogP contribution in [0, 0.1) is 11.3 Å². The smallest absolute Gasteiger partial charge is 0.315 e. The lowest BCUT2D eigenvalue weighted by atomic mass is 10.1. The second kappa shape index (κ2) is 3.02. The summed E-state index contributed by atoms with van der Waals surface area (Å²) >= 11 is 12.0. The molecule has 1 aliphatic rings. The van der Waals surface area contributed by atoms with Gasteiger partial charge in [-0.25, -0.2) is 0 Å². The molecule has 1 saturated carbocycles. The Kier molecular flexibility index (Phi) is 2.61. The maximum absolute atomic E-state index is 11.8. The first-order valence-corrected chi connectivity index (χ1v) is 5.40. The molecule has 1 fully saturated rings. The SMILES string of the molecule is CC1C(Cl)(Cl)C1(C)C(=O)OC(C)(C)C. The molecular formula is C10H16Cl2O2. The van der Waals surface area contributed by atoms with Gasteiger partial charge < -0.3 is 4.74 Å². The lowest BCUT2D eigenvalue weighted by Gasteiger charge is -2.22. The van der Waals surface area contributed by atoms with Gasteiger partial charge in [-0.05, 0) is 27.7 Å². The summed E-state index contributed by atoms with van der Waals surface area (Å²) in [6.07, 6.45) is 0. The van der Waals surface area contributed by atoms with Crippen molar-refractivity contribution in [3.63, 3.8) is 0 Å². The highest BCUT2D eigenvalue weighted by atomic mass is 35.5. The van der Waals surface area contributed by atoms with E-state index < -0.39 is 15.3 Å². The van der Waals surface area contributed by atoms with Crippen LogP contribution < -0.4 is 0 Å². The number of halogens is 2. The predicted molar refractivity (Wildman–Crippen MR) is 57.6 cm³/mol. The highest BCUT2D eigenvalue weighted by molar-refractivity contribution is 6.53. The Morgan fingerprint density at radius 2 is 1.71 bits per heavy atom. The maximum Gasteiger partial charge on any atom is 0.315 e. The fourth-order valence-corrected chi connectivity index (χ4v) is 2.24. The summed E-state index contributed by atoms with van der Waals surface area (Å²) in [5.74, 6) is -0.379. The molecule has 1 aliphatic carbocycles. The van der Waals surface area contributed by atoms with Crippen LogP contribution in [0.25, 0.3) is 0 Å². The number of hydrogen-bond donors (Lipinski definition) is 0. The summed E-state index contributed by atoms with van der Waals surface area (Å²) in [5.41, 5.74) is -1.25. The van der Waals surface area contributed by atoms with Gasteiger partial charge in [0.25, 0.3) is 0 Å². The zero-order valence-corrected chi connectivity index (χ0v) is 10.7. The molecule has 0 radical (unpaired) electrons. The maximum atomic E-state index is 11.8. The van der Waals surface area contributed by atoms with E-state index in [0.29, 0.717) is 0 Å². The number of carbonyl (C=O) groups excluding carboxylic acids is 1. The van der Waals surface area contributed by atoms with Crippen molar-refractivity contribution in [3.8, 4) is 0 Å². The van der Waals surface area contributed by atoms with E-state index in [1.165, 1.54) is 0 Å². The molecule has 0 amide bonds. The van der Waals surface area contributed by atoms with Gasteiger partial charge in [0.2, 0.25) is 0 Å². The number of ether oxygens (including phenoxy) is 1. The molecule has 14 heavy (non-hydrogen) atoms. The number of esters is 1.